The van der Waals surface area contributed by atoms with E-state index in [1.807, 2.05) is 6.92 Å². The molecular weight excluding hydrogens is 233 g/mol. The summed E-state index contributed by atoms with van der Waals surface area (Å²) in [5.41, 5.74) is -0.327. The quantitative estimate of drug-likeness (QED) is 0.806. The van der Waals surface area contributed by atoms with Gasteiger partial charge in [-0.05, 0) is 18.6 Å². The van der Waals surface area contributed by atoms with Gasteiger partial charge in [0.1, 0.15) is 5.15 Å². The normalized spacial score (nSPS) is 10.9. The highest BCUT2D eigenvalue weighted by Gasteiger charge is 2.12. The summed E-state index contributed by atoms with van der Waals surface area (Å²) in [6, 6.07) is 3.05. The van der Waals surface area contributed by atoms with Crippen LogP contribution in [0.25, 0.3) is 5.65 Å². The van der Waals surface area contributed by atoms with Crippen molar-refractivity contribution >= 4 is 17.2 Å². The predicted octanol–water partition coefficient (Wildman–Crippen LogP) is 1.83. The van der Waals surface area contributed by atoms with Gasteiger partial charge in [-0.25, -0.2) is 4.98 Å². The second kappa shape index (κ2) is 4.17. The van der Waals surface area contributed by atoms with Gasteiger partial charge in [-0.1, -0.05) is 24.9 Å². The molecule has 2 rings (SSSR count). The minimum absolute atomic E-state index is 0.124. The maximum atomic E-state index is 13.6. The molecule has 0 aliphatic heterocycles. The van der Waals surface area contributed by atoms with Gasteiger partial charge in [-0.2, -0.15) is 14.0 Å². The third-order valence-electron chi connectivity index (χ3n) is 2.15. The predicted molar refractivity (Wildman–Crippen MR) is 58.2 cm³/mol. The van der Waals surface area contributed by atoms with E-state index in [1.165, 1.54) is 12.1 Å². The van der Waals surface area contributed by atoms with Crippen molar-refractivity contribution in [1.29, 1.82) is 0 Å². The van der Waals surface area contributed by atoms with E-state index in [0.717, 1.165) is 10.9 Å². The van der Waals surface area contributed by atoms with Gasteiger partial charge in [0, 0.05) is 0 Å². The highest BCUT2D eigenvalue weighted by Crippen LogP contribution is 2.07. The second-order valence-corrected chi connectivity index (χ2v) is 3.74. The van der Waals surface area contributed by atoms with Crippen molar-refractivity contribution in [2.45, 2.75) is 19.8 Å². The van der Waals surface area contributed by atoms with Crippen molar-refractivity contribution in [2.24, 2.45) is 0 Å². The van der Waals surface area contributed by atoms with Gasteiger partial charge >= 0.3 is 5.56 Å². The van der Waals surface area contributed by atoms with Crippen LogP contribution in [0.3, 0.4) is 0 Å². The van der Waals surface area contributed by atoms with Crippen LogP contribution in [0.2, 0.25) is 5.15 Å². The molecule has 2 aromatic rings. The number of hydrogen-bond donors (Lipinski definition) is 0. The van der Waals surface area contributed by atoms with Gasteiger partial charge in [0.05, 0.1) is 5.69 Å². The molecule has 84 valence electrons. The second-order valence-electron chi connectivity index (χ2n) is 3.35. The third kappa shape index (κ3) is 1.78. The Morgan fingerprint density at radius 2 is 2.25 bits per heavy atom. The Labute approximate surface area is 95.7 Å². The lowest BCUT2D eigenvalue weighted by Crippen LogP contribution is -2.23. The average molecular weight is 242 g/mol. The first-order valence-corrected chi connectivity index (χ1v) is 5.25. The number of rotatable bonds is 2. The third-order valence-corrected chi connectivity index (χ3v) is 2.35. The van der Waals surface area contributed by atoms with Gasteiger partial charge in [0.2, 0.25) is 5.82 Å². The molecule has 2 heterocycles. The van der Waals surface area contributed by atoms with E-state index in [9.17, 15) is 9.18 Å². The number of aromatic nitrogens is 3. The smallest absolute Gasteiger partial charge is 0.264 e. The van der Waals surface area contributed by atoms with Gasteiger partial charge in [-0.15, -0.1) is 0 Å². The maximum Gasteiger partial charge on any atom is 0.310 e. The van der Waals surface area contributed by atoms with Crippen LogP contribution < -0.4 is 5.56 Å². The molecule has 0 saturated heterocycles. The van der Waals surface area contributed by atoms with Crippen LogP contribution in [-0.2, 0) is 6.42 Å². The standard InChI is InChI=1S/C10H9ClFN3O/c1-2-3-6-9(12)10(16)15-8(13-6)5-4-7(11)14-15/h4-5H,2-3H2,1H3. The molecule has 0 aromatic carbocycles. The average Bonchev–Trinajstić information content (AvgIpc) is 2.27. The molecule has 0 atom stereocenters. The molecule has 0 fully saturated rings. The molecule has 0 radical (unpaired) electrons. The molecule has 2 aromatic heterocycles. The Kier molecular flexibility index (Phi) is 2.87. The number of fused-ring (bicyclic) bond motifs is 1. The van der Waals surface area contributed by atoms with E-state index in [-0.39, 0.29) is 10.8 Å². The summed E-state index contributed by atoms with van der Waals surface area (Å²) in [7, 11) is 0. The van der Waals surface area contributed by atoms with Gasteiger partial charge in [0.15, 0.2) is 5.65 Å². The summed E-state index contributed by atoms with van der Waals surface area (Å²) in [6.45, 7) is 1.89. The summed E-state index contributed by atoms with van der Waals surface area (Å²) >= 11 is 5.62. The molecular formula is C10H9ClFN3O. The van der Waals surface area contributed by atoms with Crippen molar-refractivity contribution in [2.75, 3.05) is 0 Å². The van der Waals surface area contributed by atoms with Crippen LogP contribution in [0, 0.1) is 5.82 Å². The first-order chi connectivity index (χ1) is 7.63. The highest BCUT2D eigenvalue weighted by molar-refractivity contribution is 6.29. The van der Waals surface area contributed by atoms with Crippen LogP contribution in [0.15, 0.2) is 16.9 Å². The van der Waals surface area contributed by atoms with Crippen LogP contribution in [0.1, 0.15) is 19.0 Å². The SMILES string of the molecule is CCCc1nc2ccc(Cl)nn2c(=O)c1F. The Morgan fingerprint density at radius 3 is 2.94 bits per heavy atom. The summed E-state index contributed by atoms with van der Waals surface area (Å²) in [5, 5.41) is 3.83. The van der Waals surface area contributed by atoms with Crippen LogP contribution >= 0.6 is 11.6 Å². The van der Waals surface area contributed by atoms with Gasteiger partial charge in [0.25, 0.3) is 0 Å². The van der Waals surface area contributed by atoms with Gasteiger partial charge < -0.3 is 0 Å². The molecule has 0 spiro atoms. The summed E-state index contributed by atoms with van der Waals surface area (Å²) in [6.07, 6.45) is 1.15. The fourth-order valence-corrected chi connectivity index (χ4v) is 1.57. The maximum absolute atomic E-state index is 13.6. The Balaban J connectivity index is 2.78. The molecule has 0 saturated carbocycles. The molecule has 0 N–H and O–H groups in total. The molecule has 0 bridgehead atoms. The zero-order chi connectivity index (χ0) is 11.7. The Bertz CT molecular complexity index is 596. The van der Waals surface area contributed by atoms with E-state index in [0.29, 0.717) is 12.1 Å². The number of hydrogen-bond acceptors (Lipinski definition) is 3. The minimum atomic E-state index is -0.853. The molecule has 0 aliphatic rings. The molecule has 6 heteroatoms. The monoisotopic (exact) mass is 241 g/mol. The van der Waals surface area contributed by atoms with Crippen molar-refractivity contribution < 1.29 is 4.39 Å². The zero-order valence-corrected chi connectivity index (χ0v) is 9.33. The minimum Gasteiger partial charge on any atom is -0.264 e. The molecule has 0 unspecified atom stereocenters. The van der Waals surface area contributed by atoms with Crippen LogP contribution in [0.4, 0.5) is 4.39 Å². The van der Waals surface area contributed by atoms with Crippen molar-refractivity contribution in [3.63, 3.8) is 0 Å². The number of nitrogens with zero attached hydrogens (tertiary/aromatic N) is 3. The summed E-state index contributed by atoms with van der Waals surface area (Å²) in [4.78, 5) is 15.6. The van der Waals surface area contributed by atoms with E-state index in [1.54, 1.807) is 0 Å². The first-order valence-electron chi connectivity index (χ1n) is 4.87. The van der Waals surface area contributed by atoms with E-state index < -0.39 is 11.4 Å². The zero-order valence-electron chi connectivity index (χ0n) is 8.57. The summed E-state index contributed by atoms with van der Waals surface area (Å²) in [5.74, 6) is -0.853. The number of halogens is 2. The molecule has 0 aliphatic carbocycles. The fraction of sp³-hybridized carbons (Fsp3) is 0.300. The lowest BCUT2D eigenvalue weighted by atomic mass is 10.2. The van der Waals surface area contributed by atoms with Crippen molar-refractivity contribution in [3.8, 4) is 0 Å². The molecule has 16 heavy (non-hydrogen) atoms. The lowest BCUT2D eigenvalue weighted by Gasteiger charge is -2.03. The van der Waals surface area contributed by atoms with Crippen LogP contribution in [0.5, 0.6) is 0 Å². The van der Waals surface area contributed by atoms with Crippen LogP contribution in [-0.4, -0.2) is 14.6 Å². The lowest BCUT2D eigenvalue weighted by molar-refractivity contribution is 0.565. The fourth-order valence-electron chi connectivity index (χ4n) is 1.43. The first kappa shape index (κ1) is 11.0. The Hall–Kier alpha value is -1.49. The van der Waals surface area contributed by atoms with Crippen molar-refractivity contribution in [3.05, 3.63) is 39.2 Å². The van der Waals surface area contributed by atoms with E-state index in [4.69, 9.17) is 11.6 Å². The topological polar surface area (TPSA) is 47.3 Å². The molecule has 4 nitrogen and oxygen atoms in total. The summed E-state index contributed by atoms with van der Waals surface area (Å²) < 4.78 is 14.4. The highest BCUT2D eigenvalue weighted by atomic mass is 35.5. The molecule has 0 amide bonds. The van der Waals surface area contributed by atoms with E-state index >= 15 is 0 Å². The van der Waals surface area contributed by atoms with Crippen molar-refractivity contribution in [1.82, 2.24) is 14.6 Å². The largest absolute Gasteiger partial charge is 0.310 e. The van der Waals surface area contributed by atoms with E-state index in [2.05, 4.69) is 10.1 Å². The number of aryl methyl sites for hydroxylation is 1. The van der Waals surface area contributed by atoms with Gasteiger partial charge in [-0.3, -0.25) is 4.79 Å². The Morgan fingerprint density at radius 1 is 1.50 bits per heavy atom.